The van der Waals surface area contributed by atoms with Crippen molar-refractivity contribution in [2.24, 2.45) is 0 Å². The van der Waals surface area contributed by atoms with Gasteiger partial charge in [0.25, 0.3) is 0 Å². The van der Waals surface area contributed by atoms with Crippen molar-refractivity contribution in [1.29, 1.82) is 0 Å². The average Bonchev–Trinajstić information content (AvgIpc) is 2.44. The molecule has 0 aromatic heterocycles. The summed E-state index contributed by atoms with van der Waals surface area (Å²) in [5, 5.41) is 2.77. The van der Waals surface area contributed by atoms with Crippen LogP contribution in [-0.4, -0.2) is 32.4 Å². The molecule has 0 amide bonds. The summed E-state index contributed by atoms with van der Waals surface area (Å²) in [6, 6.07) is 1.88. The fourth-order valence-electron chi connectivity index (χ4n) is 1.80. The summed E-state index contributed by atoms with van der Waals surface area (Å²) in [4.78, 5) is -0.561. The molecule has 0 saturated heterocycles. The smallest absolute Gasteiger partial charge is 0.246 e. The van der Waals surface area contributed by atoms with E-state index in [0.29, 0.717) is 6.54 Å². The van der Waals surface area contributed by atoms with E-state index in [1.165, 1.54) is 0 Å². The van der Waals surface area contributed by atoms with Gasteiger partial charge >= 0.3 is 0 Å². The van der Waals surface area contributed by atoms with Crippen LogP contribution < -0.4 is 5.32 Å². The molecule has 21 heavy (non-hydrogen) atoms. The predicted molar refractivity (Wildman–Crippen MR) is 77.0 cm³/mol. The van der Waals surface area contributed by atoms with Crippen LogP contribution in [0.2, 0.25) is 0 Å². The highest BCUT2D eigenvalue weighted by Crippen LogP contribution is 2.24. The minimum absolute atomic E-state index is 0.0845. The third kappa shape index (κ3) is 3.79. The first-order valence-corrected chi connectivity index (χ1v) is 7.95. The lowest BCUT2D eigenvalue weighted by molar-refractivity contribution is 0.453. The summed E-state index contributed by atoms with van der Waals surface area (Å²) in [6.07, 6.45) is 5.12. The highest BCUT2D eigenvalue weighted by Gasteiger charge is 2.28. The van der Waals surface area contributed by atoms with Crippen LogP contribution in [0.5, 0.6) is 0 Å². The normalized spacial score (nSPS) is 11.6. The summed E-state index contributed by atoms with van der Waals surface area (Å²) >= 11 is 0. The Morgan fingerprint density at radius 1 is 1.33 bits per heavy atom. The van der Waals surface area contributed by atoms with E-state index in [1.807, 2.05) is 0 Å². The molecule has 0 fully saturated rings. The lowest BCUT2D eigenvalue weighted by Crippen LogP contribution is -2.32. The second-order valence-electron chi connectivity index (χ2n) is 4.25. The van der Waals surface area contributed by atoms with Gasteiger partial charge in [-0.2, -0.15) is 4.31 Å². The van der Waals surface area contributed by atoms with Gasteiger partial charge in [0.1, 0.15) is 10.7 Å². The Labute approximate surface area is 124 Å². The molecule has 0 radical (unpaired) electrons. The van der Waals surface area contributed by atoms with Gasteiger partial charge in [-0.25, -0.2) is 17.2 Å². The first-order chi connectivity index (χ1) is 9.89. The molecule has 0 bridgehead atoms. The fraction of sp³-hybridized carbons (Fsp3) is 0.429. The van der Waals surface area contributed by atoms with Gasteiger partial charge < -0.3 is 5.32 Å². The molecule has 1 N–H and O–H groups in total. The van der Waals surface area contributed by atoms with E-state index in [1.54, 1.807) is 13.8 Å². The summed E-state index contributed by atoms with van der Waals surface area (Å²) in [7, 11) is -4.09. The molecule has 0 aliphatic heterocycles. The largest absolute Gasteiger partial charge is 0.313 e. The molecule has 116 valence electrons. The van der Waals surface area contributed by atoms with E-state index in [9.17, 15) is 17.2 Å². The van der Waals surface area contributed by atoms with Crippen LogP contribution in [0.25, 0.3) is 0 Å². The zero-order valence-electron chi connectivity index (χ0n) is 12.0. The topological polar surface area (TPSA) is 49.4 Å². The van der Waals surface area contributed by atoms with Gasteiger partial charge in [0.05, 0.1) is 6.54 Å². The predicted octanol–water partition coefficient (Wildman–Crippen LogP) is 1.72. The van der Waals surface area contributed by atoms with E-state index in [2.05, 4.69) is 11.2 Å². The molecule has 4 nitrogen and oxygen atoms in total. The SMILES string of the molecule is C#CCN(CC)S(=O)(=O)c1ccc(F)c(CNCC)c1F. The summed E-state index contributed by atoms with van der Waals surface area (Å²) in [5.74, 6) is 0.350. The molecule has 0 heterocycles. The number of hydrogen-bond donors (Lipinski definition) is 1. The van der Waals surface area contributed by atoms with Crippen LogP contribution in [0.4, 0.5) is 8.78 Å². The van der Waals surface area contributed by atoms with Gasteiger partial charge in [-0.3, -0.25) is 0 Å². The lowest BCUT2D eigenvalue weighted by Gasteiger charge is -2.19. The van der Waals surface area contributed by atoms with Gasteiger partial charge in [0.15, 0.2) is 5.82 Å². The number of hydrogen-bond acceptors (Lipinski definition) is 3. The zero-order chi connectivity index (χ0) is 16.0. The molecule has 0 aliphatic rings. The molecule has 1 aromatic rings. The van der Waals surface area contributed by atoms with E-state index in [0.717, 1.165) is 16.4 Å². The number of rotatable bonds is 7. The van der Waals surface area contributed by atoms with Crippen molar-refractivity contribution >= 4 is 10.0 Å². The Bertz CT molecular complexity index is 639. The summed E-state index contributed by atoms with van der Waals surface area (Å²) in [5.41, 5.74) is -0.297. The molecule has 0 atom stereocenters. The number of halogens is 2. The summed E-state index contributed by atoms with van der Waals surface area (Å²) in [6.45, 7) is 3.73. The van der Waals surface area contributed by atoms with Crippen LogP contribution in [0.3, 0.4) is 0 Å². The molecule has 0 unspecified atom stereocenters. The highest BCUT2D eigenvalue weighted by molar-refractivity contribution is 7.89. The highest BCUT2D eigenvalue weighted by atomic mass is 32.2. The first-order valence-electron chi connectivity index (χ1n) is 6.51. The zero-order valence-corrected chi connectivity index (χ0v) is 12.8. The first kappa shape index (κ1) is 17.6. The average molecular weight is 316 g/mol. The van der Waals surface area contributed by atoms with Crippen LogP contribution >= 0.6 is 0 Å². The fourth-order valence-corrected chi connectivity index (χ4v) is 3.25. The maximum Gasteiger partial charge on any atom is 0.246 e. The van der Waals surface area contributed by atoms with E-state index >= 15 is 0 Å². The molecule has 0 aliphatic carbocycles. The van der Waals surface area contributed by atoms with Gasteiger partial charge in [-0.05, 0) is 18.7 Å². The van der Waals surface area contributed by atoms with Crippen molar-refractivity contribution in [3.8, 4) is 12.3 Å². The number of benzene rings is 1. The Balaban J connectivity index is 3.34. The number of nitrogens with one attached hydrogen (secondary N) is 1. The van der Waals surface area contributed by atoms with Gasteiger partial charge in [-0.15, -0.1) is 6.42 Å². The van der Waals surface area contributed by atoms with Crippen molar-refractivity contribution in [2.45, 2.75) is 25.3 Å². The van der Waals surface area contributed by atoms with Crippen molar-refractivity contribution in [3.63, 3.8) is 0 Å². The Hall–Kier alpha value is -1.49. The van der Waals surface area contributed by atoms with Crippen LogP contribution in [0.15, 0.2) is 17.0 Å². The molecular formula is C14H18F2N2O2S. The van der Waals surface area contributed by atoms with E-state index < -0.39 is 26.6 Å². The second kappa shape index (κ2) is 7.50. The van der Waals surface area contributed by atoms with E-state index in [-0.39, 0.29) is 25.2 Å². The van der Waals surface area contributed by atoms with Crippen molar-refractivity contribution in [3.05, 3.63) is 29.3 Å². The molecule has 1 aromatic carbocycles. The summed E-state index contributed by atoms with van der Waals surface area (Å²) < 4.78 is 53.7. The van der Waals surface area contributed by atoms with Gasteiger partial charge in [-0.1, -0.05) is 19.8 Å². The minimum Gasteiger partial charge on any atom is -0.313 e. The monoisotopic (exact) mass is 316 g/mol. The van der Waals surface area contributed by atoms with E-state index in [4.69, 9.17) is 6.42 Å². The lowest BCUT2D eigenvalue weighted by atomic mass is 10.2. The molecule has 0 spiro atoms. The molecular weight excluding hydrogens is 298 g/mol. The Morgan fingerprint density at radius 3 is 2.52 bits per heavy atom. The van der Waals surface area contributed by atoms with Gasteiger partial charge in [0.2, 0.25) is 10.0 Å². The number of nitrogens with zero attached hydrogens (tertiary/aromatic N) is 1. The molecule has 1 rings (SSSR count). The second-order valence-corrected chi connectivity index (χ2v) is 6.16. The standard InChI is InChI=1S/C14H18F2N2O2S/c1-4-9-18(6-3)21(19,20)13-8-7-12(15)11(14(13)16)10-17-5-2/h1,7-8,17H,5-6,9-10H2,2-3H3. The number of terminal acetylenes is 1. The van der Waals surface area contributed by atoms with Gasteiger partial charge in [0, 0.05) is 18.7 Å². The quantitative estimate of drug-likeness (QED) is 0.779. The van der Waals surface area contributed by atoms with Crippen LogP contribution in [0.1, 0.15) is 19.4 Å². The van der Waals surface area contributed by atoms with Crippen molar-refractivity contribution < 1.29 is 17.2 Å². The maximum atomic E-state index is 14.4. The Kier molecular flexibility index (Phi) is 6.27. The van der Waals surface area contributed by atoms with Crippen molar-refractivity contribution in [2.75, 3.05) is 19.6 Å². The van der Waals surface area contributed by atoms with Crippen molar-refractivity contribution in [1.82, 2.24) is 9.62 Å². The maximum absolute atomic E-state index is 14.4. The van der Waals surface area contributed by atoms with Crippen LogP contribution in [0, 0.1) is 24.0 Å². The third-order valence-corrected chi connectivity index (χ3v) is 4.88. The Morgan fingerprint density at radius 2 is 2.00 bits per heavy atom. The minimum atomic E-state index is -4.09. The molecule has 0 saturated carbocycles. The molecule has 7 heteroatoms. The van der Waals surface area contributed by atoms with Crippen LogP contribution in [-0.2, 0) is 16.6 Å². The number of sulfonamides is 1. The third-order valence-electron chi connectivity index (χ3n) is 2.94.